The van der Waals surface area contributed by atoms with E-state index in [-0.39, 0.29) is 0 Å². The lowest BCUT2D eigenvalue weighted by Gasteiger charge is -2.05. The number of aromatic nitrogens is 7. The molecule has 0 saturated carbocycles. The number of nitrogens with one attached hydrogen (secondary N) is 1. The summed E-state index contributed by atoms with van der Waals surface area (Å²) in [4.78, 5) is 12.5. The molecule has 0 fully saturated rings. The molecule has 120 valence electrons. The lowest BCUT2D eigenvalue weighted by molar-refractivity contribution is 0.910. The third-order valence-corrected chi connectivity index (χ3v) is 3.45. The summed E-state index contributed by atoms with van der Waals surface area (Å²) in [5.41, 5.74) is 2.42. The van der Waals surface area contributed by atoms with Crippen molar-refractivity contribution >= 4 is 11.5 Å². The number of rotatable bonds is 4. The Hall–Kier alpha value is -3.93. The Bertz CT molecular complexity index is 1070. The summed E-state index contributed by atoms with van der Waals surface area (Å²) >= 11 is 0. The Morgan fingerprint density at radius 1 is 1.08 bits per heavy atom. The second-order valence-corrected chi connectivity index (χ2v) is 5.10. The minimum atomic E-state index is 0.468. The van der Waals surface area contributed by atoms with Gasteiger partial charge in [0, 0.05) is 18.6 Å². The highest BCUT2D eigenvalue weighted by molar-refractivity contribution is 5.57. The first-order valence-electron chi connectivity index (χ1n) is 7.41. The molecule has 9 nitrogen and oxygen atoms in total. The molecule has 0 aromatic carbocycles. The predicted octanol–water partition coefficient (Wildman–Crippen LogP) is 1.46. The van der Waals surface area contributed by atoms with Gasteiger partial charge in [0.2, 0.25) is 5.82 Å². The quantitative estimate of drug-likeness (QED) is 0.598. The predicted molar refractivity (Wildman–Crippen MR) is 88.1 cm³/mol. The van der Waals surface area contributed by atoms with Crippen molar-refractivity contribution in [2.24, 2.45) is 0 Å². The van der Waals surface area contributed by atoms with Crippen LogP contribution in [0, 0.1) is 11.3 Å². The van der Waals surface area contributed by atoms with Crippen LogP contribution in [0.15, 0.2) is 49.1 Å². The SMILES string of the molecule is N#Cc1ccnc(-c2nnc3ccc(NCc4cnccn4)nn23)c1. The van der Waals surface area contributed by atoms with E-state index in [1.54, 1.807) is 47.5 Å². The fourth-order valence-electron chi connectivity index (χ4n) is 2.27. The maximum atomic E-state index is 9.04. The largest absolute Gasteiger partial charge is 0.363 e. The van der Waals surface area contributed by atoms with E-state index in [9.17, 15) is 0 Å². The van der Waals surface area contributed by atoms with Crippen molar-refractivity contribution in [2.45, 2.75) is 6.54 Å². The van der Waals surface area contributed by atoms with Crippen LogP contribution in [0.1, 0.15) is 11.3 Å². The van der Waals surface area contributed by atoms with Crippen LogP contribution in [0.25, 0.3) is 17.2 Å². The normalized spacial score (nSPS) is 10.5. The summed E-state index contributed by atoms with van der Waals surface area (Å²) in [6, 6.07) is 8.98. The maximum Gasteiger partial charge on any atom is 0.203 e. The highest BCUT2D eigenvalue weighted by Gasteiger charge is 2.12. The van der Waals surface area contributed by atoms with Crippen LogP contribution in [-0.4, -0.2) is 34.8 Å². The van der Waals surface area contributed by atoms with Crippen molar-refractivity contribution in [2.75, 3.05) is 5.32 Å². The van der Waals surface area contributed by atoms with E-state index >= 15 is 0 Å². The lowest BCUT2D eigenvalue weighted by atomic mass is 10.2. The zero-order valence-corrected chi connectivity index (χ0v) is 12.9. The molecule has 0 spiro atoms. The zero-order chi connectivity index (χ0) is 17.1. The monoisotopic (exact) mass is 329 g/mol. The molecular formula is C16H11N9. The highest BCUT2D eigenvalue weighted by Crippen LogP contribution is 2.17. The average Bonchev–Trinajstić information content (AvgIpc) is 3.10. The molecule has 0 radical (unpaired) electrons. The summed E-state index contributed by atoms with van der Waals surface area (Å²) in [5, 5.41) is 24.9. The standard InChI is InChI=1S/C16H11N9/c17-8-11-3-4-20-13(7-11)16-23-22-15-2-1-14(24-25(15)16)21-10-12-9-18-5-6-19-12/h1-7,9H,10H2,(H,21,24). The molecule has 0 amide bonds. The Labute approximate surface area is 142 Å². The van der Waals surface area contributed by atoms with Gasteiger partial charge in [-0.2, -0.15) is 9.78 Å². The van der Waals surface area contributed by atoms with Crippen molar-refractivity contribution in [1.82, 2.24) is 34.8 Å². The molecule has 9 heteroatoms. The van der Waals surface area contributed by atoms with Crippen LogP contribution in [0.4, 0.5) is 5.82 Å². The topological polar surface area (TPSA) is 118 Å². The van der Waals surface area contributed by atoms with Crippen LogP contribution in [0.5, 0.6) is 0 Å². The van der Waals surface area contributed by atoms with Crippen LogP contribution >= 0.6 is 0 Å². The Morgan fingerprint density at radius 3 is 2.88 bits per heavy atom. The Morgan fingerprint density at radius 2 is 2.04 bits per heavy atom. The van der Waals surface area contributed by atoms with Crippen LogP contribution in [0.3, 0.4) is 0 Å². The summed E-state index contributed by atoms with van der Waals surface area (Å²) < 4.78 is 1.59. The maximum absolute atomic E-state index is 9.04. The second-order valence-electron chi connectivity index (χ2n) is 5.10. The van der Waals surface area contributed by atoms with E-state index in [1.807, 2.05) is 6.07 Å². The van der Waals surface area contributed by atoms with Crippen molar-refractivity contribution in [3.8, 4) is 17.6 Å². The lowest BCUT2D eigenvalue weighted by Crippen LogP contribution is -2.06. The van der Waals surface area contributed by atoms with Gasteiger partial charge in [0.1, 0.15) is 11.5 Å². The molecule has 0 bridgehead atoms. The molecule has 4 aromatic heterocycles. The molecule has 0 saturated heterocycles. The van der Waals surface area contributed by atoms with Crippen LogP contribution in [-0.2, 0) is 6.54 Å². The van der Waals surface area contributed by atoms with Crippen molar-refractivity contribution < 1.29 is 0 Å². The minimum Gasteiger partial charge on any atom is -0.363 e. The van der Waals surface area contributed by atoms with Gasteiger partial charge in [-0.25, -0.2) is 0 Å². The fourth-order valence-corrected chi connectivity index (χ4v) is 2.27. The molecule has 1 N–H and O–H groups in total. The summed E-state index contributed by atoms with van der Waals surface area (Å²) in [6.07, 6.45) is 6.51. The van der Waals surface area contributed by atoms with E-state index < -0.39 is 0 Å². The third-order valence-electron chi connectivity index (χ3n) is 3.45. The molecule has 4 aromatic rings. The van der Waals surface area contributed by atoms with Gasteiger partial charge in [0.25, 0.3) is 0 Å². The van der Waals surface area contributed by atoms with Crippen molar-refractivity contribution in [3.05, 3.63) is 60.3 Å². The van der Waals surface area contributed by atoms with E-state index in [2.05, 4.69) is 41.6 Å². The van der Waals surface area contributed by atoms with Gasteiger partial charge in [0.05, 0.1) is 30.1 Å². The number of hydrogen-bond acceptors (Lipinski definition) is 8. The van der Waals surface area contributed by atoms with Gasteiger partial charge in [-0.3, -0.25) is 15.0 Å². The van der Waals surface area contributed by atoms with Gasteiger partial charge in [0.15, 0.2) is 5.65 Å². The first kappa shape index (κ1) is 14.6. The van der Waals surface area contributed by atoms with Gasteiger partial charge in [-0.05, 0) is 24.3 Å². The molecule has 4 rings (SSSR count). The molecule has 0 aliphatic carbocycles. The second kappa shape index (κ2) is 6.29. The summed E-state index contributed by atoms with van der Waals surface area (Å²) in [5.74, 6) is 1.10. The van der Waals surface area contributed by atoms with Crippen molar-refractivity contribution in [1.29, 1.82) is 5.26 Å². The highest BCUT2D eigenvalue weighted by atomic mass is 15.4. The van der Waals surface area contributed by atoms with Gasteiger partial charge < -0.3 is 5.32 Å². The molecule has 0 aliphatic rings. The van der Waals surface area contributed by atoms with Gasteiger partial charge in [-0.15, -0.1) is 15.3 Å². The number of fused-ring (bicyclic) bond motifs is 1. The fraction of sp³-hybridized carbons (Fsp3) is 0.0625. The van der Waals surface area contributed by atoms with Gasteiger partial charge >= 0.3 is 0 Å². The molecule has 0 atom stereocenters. The first-order chi connectivity index (χ1) is 12.3. The number of nitriles is 1. The Balaban J connectivity index is 1.67. The smallest absolute Gasteiger partial charge is 0.203 e. The number of pyridine rings is 1. The van der Waals surface area contributed by atoms with Crippen molar-refractivity contribution in [3.63, 3.8) is 0 Å². The summed E-state index contributed by atoms with van der Waals surface area (Å²) in [6.45, 7) is 0.492. The van der Waals surface area contributed by atoms with Crippen LogP contribution < -0.4 is 5.32 Å². The van der Waals surface area contributed by atoms with E-state index in [0.29, 0.717) is 35.1 Å². The minimum absolute atomic E-state index is 0.468. The molecular weight excluding hydrogens is 318 g/mol. The number of nitrogens with zero attached hydrogens (tertiary/aromatic N) is 8. The van der Waals surface area contributed by atoms with E-state index in [4.69, 9.17) is 5.26 Å². The third kappa shape index (κ3) is 2.96. The average molecular weight is 329 g/mol. The summed E-state index contributed by atoms with van der Waals surface area (Å²) in [7, 11) is 0. The molecule has 0 aliphatic heterocycles. The number of hydrogen-bond donors (Lipinski definition) is 1. The molecule has 25 heavy (non-hydrogen) atoms. The molecule has 4 heterocycles. The van der Waals surface area contributed by atoms with E-state index in [1.165, 1.54) is 0 Å². The van der Waals surface area contributed by atoms with E-state index in [0.717, 1.165) is 5.69 Å². The first-order valence-corrected chi connectivity index (χ1v) is 7.41. The number of anilines is 1. The Kier molecular flexibility index (Phi) is 3.68. The molecule has 0 unspecified atom stereocenters. The van der Waals surface area contributed by atoms with Gasteiger partial charge in [-0.1, -0.05) is 0 Å². The van der Waals surface area contributed by atoms with Crippen LogP contribution in [0.2, 0.25) is 0 Å². The zero-order valence-electron chi connectivity index (χ0n) is 12.9.